The van der Waals surface area contributed by atoms with Crippen LogP contribution in [-0.2, 0) is 0 Å². The third-order valence-corrected chi connectivity index (χ3v) is 6.33. The minimum absolute atomic E-state index is 1.08. The molecule has 0 heterocycles. The molecule has 140 valence electrons. The predicted octanol–water partition coefficient (Wildman–Crippen LogP) is 7.74. The zero-order chi connectivity index (χ0) is 20.2. The normalized spacial score (nSPS) is 11.6. The number of hydrogen-bond donors (Lipinski definition) is 0. The highest BCUT2D eigenvalue weighted by Gasteiger charge is 2.13. The van der Waals surface area contributed by atoms with E-state index in [1.807, 2.05) is 6.08 Å². The Labute approximate surface area is 175 Å². The van der Waals surface area contributed by atoms with Gasteiger partial charge in [-0.25, -0.2) is 0 Å². The van der Waals surface area contributed by atoms with Gasteiger partial charge in [-0.2, -0.15) is 0 Å². The Bertz CT molecular complexity index is 1670. The van der Waals surface area contributed by atoms with Gasteiger partial charge in [0, 0.05) is 0 Å². The molecule has 0 fully saturated rings. The molecular weight excluding hydrogens is 360 g/mol. The van der Waals surface area contributed by atoms with Gasteiger partial charge in [0.25, 0.3) is 0 Å². The van der Waals surface area contributed by atoms with E-state index in [0.29, 0.717) is 0 Å². The Morgan fingerprint density at radius 3 is 2.17 bits per heavy atom. The molecule has 6 aromatic carbocycles. The minimum Gasteiger partial charge on any atom is -0.0984 e. The molecular formula is C30H20. The van der Waals surface area contributed by atoms with Gasteiger partial charge in [0.15, 0.2) is 0 Å². The highest BCUT2D eigenvalue weighted by Crippen LogP contribution is 2.38. The van der Waals surface area contributed by atoms with Gasteiger partial charge in [-0.05, 0) is 71.1 Å². The molecule has 0 aromatic heterocycles. The second-order valence-corrected chi connectivity index (χ2v) is 7.90. The lowest BCUT2D eigenvalue weighted by Crippen LogP contribution is -2.05. The lowest BCUT2D eigenvalue weighted by Gasteiger charge is -2.15. The smallest absolute Gasteiger partial charge is 0.00203 e. The summed E-state index contributed by atoms with van der Waals surface area (Å²) in [4.78, 5) is 0. The van der Waals surface area contributed by atoms with Gasteiger partial charge >= 0.3 is 0 Å². The molecule has 6 aromatic rings. The lowest BCUT2D eigenvalue weighted by atomic mass is 9.88. The molecule has 0 N–H and O–H groups in total. The molecule has 0 nitrogen and oxygen atoms in total. The quantitative estimate of drug-likeness (QED) is 0.213. The predicted molar refractivity (Wildman–Crippen MR) is 133 cm³/mol. The van der Waals surface area contributed by atoms with Crippen LogP contribution < -0.4 is 5.22 Å². The molecule has 30 heavy (non-hydrogen) atoms. The monoisotopic (exact) mass is 380 g/mol. The Morgan fingerprint density at radius 2 is 1.30 bits per heavy atom. The maximum atomic E-state index is 4.48. The van der Waals surface area contributed by atoms with Gasteiger partial charge in [0.1, 0.15) is 0 Å². The average molecular weight is 380 g/mol. The Kier molecular flexibility index (Phi) is 3.57. The van der Waals surface area contributed by atoms with E-state index in [9.17, 15) is 0 Å². The average Bonchev–Trinajstić information content (AvgIpc) is 2.81. The first-order valence-electron chi connectivity index (χ1n) is 10.3. The second-order valence-electron chi connectivity index (χ2n) is 7.90. The minimum atomic E-state index is 1.08. The highest BCUT2D eigenvalue weighted by atomic mass is 14.2. The first-order valence-corrected chi connectivity index (χ1v) is 10.3. The highest BCUT2D eigenvalue weighted by molar-refractivity contribution is 6.25. The van der Waals surface area contributed by atoms with Crippen LogP contribution in [0.1, 0.15) is 5.56 Å². The lowest BCUT2D eigenvalue weighted by molar-refractivity contribution is 1.68. The van der Waals surface area contributed by atoms with Crippen molar-refractivity contribution in [1.82, 2.24) is 0 Å². The maximum Gasteiger partial charge on any atom is -0.00203 e. The molecule has 6 rings (SSSR count). The number of rotatable bonds is 2. The van der Waals surface area contributed by atoms with Crippen LogP contribution in [0.3, 0.4) is 0 Å². The SMILES string of the molecule is C=Cc1cccc2c1c(=C)c1cccc3c(-c4ccc5ccccc5c4)ccc2c31. The molecule has 0 bridgehead atoms. The Balaban J connectivity index is 1.77. The van der Waals surface area contributed by atoms with Gasteiger partial charge in [-0.1, -0.05) is 104 Å². The van der Waals surface area contributed by atoms with Crippen molar-refractivity contribution in [3.8, 4) is 11.1 Å². The van der Waals surface area contributed by atoms with E-state index < -0.39 is 0 Å². The summed E-state index contributed by atoms with van der Waals surface area (Å²) in [6.45, 7) is 8.50. The molecule has 0 aliphatic carbocycles. The van der Waals surface area contributed by atoms with E-state index in [2.05, 4.69) is 104 Å². The summed E-state index contributed by atoms with van der Waals surface area (Å²) in [6, 6.07) is 32.8. The fraction of sp³-hybridized carbons (Fsp3) is 0. The third kappa shape index (κ3) is 2.28. The van der Waals surface area contributed by atoms with Crippen molar-refractivity contribution < 1.29 is 0 Å². The molecule has 0 radical (unpaired) electrons. The van der Waals surface area contributed by atoms with Gasteiger partial charge in [0.2, 0.25) is 0 Å². The van der Waals surface area contributed by atoms with Crippen LogP contribution in [-0.4, -0.2) is 0 Å². The van der Waals surface area contributed by atoms with Crippen molar-refractivity contribution in [3.05, 3.63) is 108 Å². The summed E-state index contributed by atoms with van der Waals surface area (Å²) in [7, 11) is 0. The molecule has 0 heteroatoms. The van der Waals surface area contributed by atoms with E-state index in [0.717, 1.165) is 10.8 Å². The summed E-state index contributed by atoms with van der Waals surface area (Å²) in [5, 5.41) is 11.1. The van der Waals surface area contributed by atoms with Crippen molar-refractivity contribution in [2.45, 2.75) is 0 Å². The van der Waals surface area contributed by atoms with Crippen molar-refractivity contribution >= 4 is 55.7 Å². The molecule has 0 unspecified atom stereocenters. The van der Waals surface area contributed by atoms with Crippen LogP contribution >= 0.6 is 0 Å². The van der Waals surface area contributed by atoms with Crippen LogP contribution in [0.15, 0.2) is 97.6 Å². The van der Waals surface area contributed by atoms with E-state index in [4.69, 9.17) is 0 Å². The molecule has 0 spiro atoms. The molecule has 0 saturated heterocycles. The van der Waals surface area contributed by atoms with Crippen LogP contribution in [0.5, 0.6) is 0 Å². The van der Waals surface area contributed by atoms with Gasteiger partial charge in [-0.15, -0.1) is 0 Å². The molecule has 0 aliphatic rings. The summed E-state index contributed by atoms with van der Waals surface area (Å²) >= 11 is 0. The van der Waals surface area contributed by atoms with E-state index in [-0.39, 0.29) is 0 Å². The number of hydrogen-bond acceptors (Lipinski definition) is 0. The zero-order valence-corrected chi connectivity index (χ0v) is 16.7. The fourth-order valence-corrected chi connectivity index (χ4v) is 4.93. The summed E-state index contributed by atoms with van der Waals surface area (Å²) in [5.41, 5.74) is 3.64. The number of benzene rings is 6. The van der Waals surface area contributed by atoms with Crippen molar-refractivity contribution in [2.24, 2.45) is 0 Å². The molecule has 0 saturated carbocycles. The maximum absolute atomic E-state index is 4.48. The topological polar surface area (TPSA) is 0 Å². The van der Waals surface area contributed by atoms with Crippen LogP contribution in [0.2, 0.25) is 0 Å². The number of fused-ring (bicyclic) bond motifs is 3. The van der Waals surface area contributed by atoms with Crippen LogP contribution in [0.4, 0.5) is 0 Å². The summed E-state index contributed by atoms with van der Waals surface area (Å²) in [6.07, 6.45) is 1.93. The van der Waals surface area contributed by atoms with Crippen molar-refractivity contribution in [1.29, 1.82) is 0 Å². The van der Waals surface area contributed by atoms with Crippen LogP contribution in [0.25, 0.3) is 66.9 Å². The van der Waals surface area contributed by atoms with E-state index >= 15 is 0 Å². The van der Waals surface area contributed by atoms with Gasteiger partial charge in [-0.3, -0.25) is 0 Å². The second kappa shape index (κ2) is 6.30. The fourth-order valence-electron chi connectivity index (χ4n) is 4.93. The molecule has 0 aliphatic heterocycles. The van der Waals surface area contributed by atoms with E-state index in [1.54, 1.807) is 0 Å². The molecule has 0 amide bonds. The molecule has 0 atom stereocenters. The van der Waals surface area contributed by atoms with E-state index in [1.165, 1.54) is 54.2 Å². The van der Waals surface area contributed by atoms with Crippen molar-refractivity contribution in [2.75, 3.05) is 0 Å². The summed E-state index contributed by atoms with van der Waals surface area (Å²) in [5.74, 6) is 0. The Morgan fingerprint density at radius 1 is 0.567 bits per heavy atom. The Hall–Kier alpha value is -3.90. The zero-order valence-electron chi connectivity index (χ0n) is 16.7. The van der Waals surface area contributed by atoms with Crippen LogP contribution in [0, 0.1) is 0 Å². The first kappa shape index (κ1) is 17.0. The first-order chi connectivity index (χ1) is 14.8. The van der Waals surface area contributed by atoms with Gasteiger partial charge in [0.05, 0.1) is 0 Å². The largest absolute Gasteiger partial charge is 0.0984 e. The van der Waals surface area contributed by atoms with Gasteiger partial charge < -0.3 is 0 Å². The standard InChI is InChI=1S/C30H20/c1-3-20-10-6-12-27-28-17-16-25(23-15-14-21-8-4-5-9-22(21)18-23)26-13-7-11-24(30(26)28)19(2)29(20)27/h3-18H,1-2H2. The summed E-state index contributed by atoms with van der Waals surface area (Å²) < 4.78 is 0. The third-order valence-electron chi connectivity index (χ3n) is 6.33. The van der Waals surface area contributed by atoms with Crippen molar-refractivity contribution in [3.63, 3.8) is 0 Å².